The summed E-state index contributed by atoms with van der Waals surface area (Å²) in [5.41, 5.74) is 1.55. The average molecular weight is 332 g/mol. The van der Waals surface area contributed by atoms with E-state index in [9.17, 15) is 9.18 Å². The molecule has 0 radical (unpaired) electrons. The van der Waals surface area contributed by atoms with Crippen LogP contribution in [0.25, 0.3) is 0 Å². The van der Waals surface area contributed by atoms with Crippen molar-refractivity contribution in [2.75, 3.05) is 0 Å². The zero-order valence-electron chi connectivity index (χ0n) is 12.8. The molecule has 2 nitrogen and oxygen atoms in total. The maximum Gasteiger partial charge on any atom is 0.223 e. The molecule has 4 heteroatoms. The molecular weight excluding hydrogens is 313 g/mol. The molecule has 1 fully saturated rings. The molecule has 1 saturated carbocycles. The molecule has 0 aliphatic heterocycles. The smallest absolute Gasteiger partial charge is 0.223 e. The zero-order chi connectivity index (χ0) is 16.2. The van der Waals surface area contributed by atoms with Crippen LogP contribution in [0.4, 0.5) is 4.39 Å². The summed E-state index contributed by atoms with van der Waals surface area (Å²) in [5.74, 6) is -0.283. The molecule has 0 unspecified atom stereocenters. The van der Waals surface area contributed by atoms with Crippen LogP contribution in [-0.2, 0) is 17.8 Å². The molecule has 0 aromatic heterocycles. The minimum atomic E-state index is -0.348. The Labute approximate surface area is 140 Å². The fourth-order valence-electron chi connectivity index (χ4n) is 2.70. The monoisotopic (exact) mass is 331 g/mol. The highest BCUT2D eigenvalue weighted by molar-refractivity contribution is 6.31. The van der Waals surface area contributed by atoms with Crippen molar-refractivity contribution in [3.8, 4) is 0 Å². The second-order valence-electron chi connectivity index (χ2n) is 5.94. The van der Waals surface area contributed by atoms with Gasteiger partial charge in [0.25, 0.3) is 0 Å². The summed E-state index contributed by atoms with van der Waals surface area (Å²) in [4.78, 5) is 14.4. The first-order valence-corrected chi connectivity index (χ1v) is 8.29. The molecule has 0 saturated heterocycles. The van der Waals surface area contributed by atoms with E-state index < -0.39 is 0 Å². The second-order valence-corrected chi connectivity index (χ2v) is 6.35. The molecule has 0 bridgehead atoms. The zero-order valence-corrected chi connectivity index (χ0v) is 13.6. The van der Waals surface area contributed by atoms with E-state index in [4.69, 9.17) is 11.6 Å². The van der Waals surface area contributed by atoms with Gasteiger partial charge < -0.3 is 4.90 Å². The minimum Gasteiger partial charge on any atom is -0.335 e. The van der Waals surface area contributed by atoms with Crippen molar-refractivity contribution in [3.63, 3.8) is 0 Å². The number of hydrogen-bond donors (Lipinski definition) is 0. The van der Waals surface area contributed by atoms with E-state index in [0.29, 0.717) is 23.4 Å². The van der Waals surface area contributed by atoms with E-state index in [0.717, 1.165) is 18.4 Å². The van der Waals surface area contributed by atoms with Crippen molar-refractivity contribution in [2.45, 2.75) is 38.3 Å². The standard InChI is InChI=1S/C19H19ClFNO/c20-17-7-4-8-18(21)16(17)13-22(15-10-11-15)19(23)12-9-14-5-2-1-3-6-14/h1-8,15H,9-13H2. The molecule has 23 heavy (non-hydrogen) atoms. The summed E-state index contributed by atoms with van der Waals surface area (Å²) in [5, 5.41) is 0.381. The average Bonchev–Trinajstić information content (AvgIpc) is 3.38. The molecule has 0 heterocycles. The van der Waals surface area contributed by atoms with Crippen molar-refractivity contribution in [3.05, 3.63) is 70.5 Å². The van der Waals surface area contributed by atoms with Crippen molar-refractivity contribution >= 4 is 17.5 Å². The third kappa shape index (κ3) is 4.11. The lowest BCUT2D eigenvalue weighted by Crippen LogP contribution is -2.33. The second kappa shape index (κ2) is 7.14. The van der Waals surface area contributed by atoms with E-state index in [1.165, 1.54) is 6.07 Å². The van der Waals surface area contributed by atoms with Gasteiger partial charge in [0.2, 0.25) is 5.91 Å². The number of carbonyl (C=O) groups excluding carboxylic acids is 1. The Hall–Kier alpha value is -1.87. The van der Waals surface area contributed by atoms with Gasteiger partial charge in [-0.25, -0.2) is 4.39 Å². The van der Waals surface area contributed by atoms with Crippen LogP contribution in [-0.4, -0.2) is 16.8 Å². The van der Waals surface area contributed by atoms with Gasteiger partial charge in [-0.3, -0.25) is 4.79 Å². The largest absolute Gasteiger partial charge is 0.335 e. The summed E-state index contributed by atoms with van der Waals surface area (Å²) in [6.07, 6.45) is 3.12. The van der Waals surface area contributed by atoms with Gasteiger partial charge in [0.1, 0.15) is 5.82 Å². The SMILES string of the molecule is O=C(CCc1ccccc1)N(Cc1c(F)cccc1Cl)C1CC1. The van der Waals surface area contributed by atoms with Crippen LogP contribution in [0.3, 0.4) is 0 Å². The molecule has 1 amide bonds. The number of carbonyl (C=O) groups is 1. The first-order valence-electron chi connectivity index (χ1n) is 7.91. The maximum atomic E-state index is 14.0. The van der Waals surface area contributed by atoms with Gasteiger partial charge in [0.05, 0.1) is 6.54 Å². The molecule has 1 aliphatic carbocycles. The number of halogens is 2. The van der Waals surface area contributed by atoms with Crippen LogP contribution in [0.15, 0.2) is 48.5 Å². The van der Waals surface area contributed by atoms with Gasteiger partial charge >= 0.3 is 0 Å². The van der Waals surface area contributed by atoms with Crippen LogP contribution in [0, 0.1) is 5.82 Å². The Kier molecular flexibility index (Phi) is 4.97. The van der Waals surface area contributed by atoms with Crippen LogP contribution in [0.2, 0.25) is 5.02 Å². The minimum absolute atomic E-state index is 0.0654. The van der Waals surface area contributed by atoms with E-state index >= 15 is 0 Å². The molecule has 1 aliphatic rings. The molecule has 0 N–H and O–H groups in total. The van der Waals surface area contributed by atoms with Crippen LogP contribution in [0.5, 0.6) is 0 Å². The Bertz CT molecular complexity index is 665. The van der Waals surface area contributed by atoms with Crippen LogP contribution >= 0.6 is 11.6 Å². The lowest BCUT2D eigenvalue weighted by Gasteiger charge is -2.23. The first-order chi connectivity index (χ1) is 11.1. The molecule has 2 aromatic rings. The van der Waals surface area contributed by atoms with Gasteiger partial charge in [0, 0.05) is 23.0 Å². The summed E-state index contributed by atoms with van der Waals surface area (Å²) >= 11 is 6.10. The van der Waals surface area contributed by atoms with Crippen LogP contribution < -0.4 is 0 Å². The Morgan fingerprint density at radius 2 is 1.87 bits per heavy atom. The van der Waals surface area contributed by atoms with Crippen molar-refractivity contribution in [2.24, 2.45) is 0 Å². The Morgan fingerprint density at radius 3 is 2.52 bits per heavy atom. The number of benzene rings is 2. The molecule has 2 aromatic carbocycles. The number of aryl methyl sites for hydroxylation is 1. The molecule has 0 spiro atoms. The topological polar surface area (TPSA) is 20.3 Å². The highest BCUT2D eigenvalue weighted by Crippen LogP contribution is 2.31. The normalized spacial score (nSPS) is 13.8. The third-order valence-electron chi connectivity index (χ3n) is 4.17. The molecule has 120 valence electrons. The fraction of sp³-hybridized carbons (Fsp3) is 0.316. The lowest BCUT2D eigenvalue weighted by atomic mass is 10.1. The van der Waals surface area contributed by atoms with Crippen molar-refractivity contribution < 1.29 is 9.18 Å². The van der Waals surface area contributed by atoms with Crippen molar-refractivity contribution in [1.82, 2.24) is 4.90 Å². The number of hydrogen-bond acceptors (Lipinski definition) is 1. The predicted molar refractivity (Wildman–Crippen MR) is 89.7 cm³/mol. The van der Waals surface area contributed by atoms with E-state index in [2.05, 4.69) is 0 Å². The van der Waals surface area contributed by atoms with E-state index in [-0.39, 0.29) is 24.3 Å². The number of rotatable bonds is 6. The van der Waals surface area contributed by atoms with Gasteiger partial charge in [0.15, 0.2) is 0 Å². The van der Waals surface area contributed by atoms with Gasteiger partial charge in [-0.2, -0.15) is 0 Å². The Balaban J connectivity index is 1.68. The molecular formula is C19H19ClFNO. The van der Waals surface area contributed by atoms with E-state index in [1.54, 1.807) is 17.0 Å². The third-order valence-corrected chi connectivity index (χ3v) is 4.52. The highest BCUT2D eigenvalue weighted by Gasteiger charge is 2.33. The van der Waals surface area contributed by atoms with Crippen LogP contribution in [0.1, 0.15) is 30.4 Å². The number of nitrogens with zero attached hydrogens (tertiary/aromatic N) is 1. The summed E-state index contributed by atoms with van der Waals surface area (Å²) in [6.45, 7) is 0.254. The van der Waals surface area contributed by atoms with Gasteiger partial charge in [-0.15, -0.1) is 0 Å². The molecule has 3 rings (SSSR count). The summed E-state index contributed by atoms with van der Waals surface area (Å²) < 4.78 is 14.0. The van der Waals surface area contributed by atoms with Crippen molar-refractivity contribution in [1.29, 1.82) is 0 Å². The summed E-state index contributed by atoms with van der Waals surface area (Å²) in [7, 11) is 0. The summed E-state index contributed by atoms with van der Waals surface area (Å²) in [6, 6.07) is 14.8. The molecule has 0 atom stereocenters. The number of amides is 1. The quantitative estimate of drug-likeness (QED) is 0.757. The first kappa shape index (κ1) is 16.0. The van der Waals surface area contributed by atoms with Gasteiger partial charge in [-0.05, 0) is 37.0 Å². The highest BCUT2D eigenvalue weighted by atomic mass is 35.5. The fourth-order valence-corrected chi connectivity index (χ4v) is 2.92. The predicted octanol–water partition coefficient (Wildman–Crippen LogP) is 4.60. The van der Waals surface area contributed by atoms with E-state index in [1.807, 2.05) is 30.3 Å². The Morgan fingerprint density at radius 1 is 1.13 bits per heavy atom. The lowest BCUT2D eigenvalue weighted by molar-refractivity contribution is -0.132. The maximum absolute atomic E-state index is 14.0. The van der Waals surface area contributed by atoms with Gasteiger partial charge in [-0.1, -0.05) is 48.0 Å².